The number of ether oxygens (including phenoxy) is 1. The van der Waals surface area contributed by atoms with Crippen LogP contribution >= 0.6 is 0 Å². The van der Waals surface area contributed by atoms with Crippen molar-refractivity contribution in [3.8, 4) is 0 Å². The molecule has 2 aliphatic rings. The number of alkyl halides is 3. The third-order valence-electron chi connectivity index (χ3n) is 4.87. The Bertz CT molecular complexity index is 707. The van der Waals surface area contributed by atoms with Gasteiger partial charge in [0.25, 0.3) is 0 Å². The van der Waals surface area contributed by atoms with E-state index < -0.39 is 12.1 Å². The number of piperidine rings is 1. The molecule has 3 rings (SSSR count). The van der Waals surface area contributed by atoms with Gasteiger partial charge in [-0.25, -0.2) is 9.18 Å². The standard InChI is InChI=1S/C17H23FN2O2.C2HF3O2/c1-14(21)20-8-2-7-17(13-20)12-19(9-10-22-17)11-15-3-5-16(18)6-4-15;3-2(4,5)1(6)7/h3-6H,2,7-13H2,1H3;(H,6,7). The third kappa shape index (κ3) is 6.97. The van der Waals surface area contributed by atoms with Crippen molar-refractivity contribution in [2.45, 2.75) is 38.1 Å². The molecule has 1 unspecified atom stereocenters. The minimum Gasteiger partial charge on any atom is -0.475 e. The van der Waals surface area contributed by atoms with Gasteiger partial charge in [0.05, 0.1) is 18.8 Å². The monoisotopic (exact) mass is 420 g/mol. The first-order chi connectivity index (χ1) is 13.5. The predicted molar refractivity (Wildman–Crippen MR) is 95.5 cm³/mol. The zero-order valence-corrected chi connectivity index (χ0v) is 16.0. The molecule has 162 valence electrons. The van der Waals surface area contributed by atoms with Crippen LogP contribution in [-0.4, -0.2) is 71.3 Å². The van der Waals surface area contributed by atoms with Crippen molar-refractivity contribution in [3.05, 3.63) is 35.6 Å². The number of benzene rings is 1. The van der Waals surface area contributed by atoms with Gasteiger partial charge in [-0.15, -0.1) is 0 Å². The molecule has 0 aliphatic carbocycles. The Labute approximate surface area is 166 Å². The summed E-state index contributed by atoms with van der Waals surface area (Å²) in [6.45, 7) is 6.32. The van der Waals surface area contributed by atoms with Crippen LogP contribution in [0.1, 0.15) is 25.3 Å². The average molecular weight is 420 g/mol. The molecule has 1 aromatic carbocycles. The number of carboxylic acids is 1. The maximum absolute atomic E-state index is 13.0. The van der Waals surface area contributed by atoms with Gasteiger partial charge in [-0.2, -0.15) is 13.2 Å². The molecule has 2 fully saturated rings. The minimum absolute atomic E-state index is 0.123. The zero-order chi connectivity index (χ0) is 21.7. The van der Waals surface area contributed by atoms with E-state index in [1.165, 1.54) is 12.1 Å². The summed E-state index contributed by atoms with van der Waals surface area (Å²) in [5.74, 6) is -2.84. The molecule has 1 aromatic rings. The van der Waals surface area contributed by atoms with Crippen molar-refractivity contribution in [2.75, 3.05) is 32.8 Å². The van der Waals surface area contributed by atoms with Crippen molar-refractivity contribution in [2.24, 2.45) is 0 Å². The smallest absolute Gasteiger partial charge is 0.475 e. The highest BCUT2D eigenvalue weighted by molar-refractivity contribution is 5.73. The number of likely N-dealkylation sites (tertiary alicyclic amines) is 1. The number of nitrogens with zero attached hydrogens (tertiary/aromatic N) is 2. The lowest BCUT2D eigenvalue weighted by molar-refractivity contribution is -0.192. The molecule has 10 heteroatoms. The number of rotatable bonds is 2. The van der Waals surface area contributed by atoms with Crippen molar-refractivity contribution >= 4 is 11.9 Å². The maximum atomic E-state index is 13.0. The topological polar surface area (TPSA) is 70.1 Å². The fourth-order valence-electron chi connectivity index (χ4n) is 3.52. The summed E-state index contributed by atoms with van der Waals surface area (Å²) in [6.07, 6.45) is -3.10. The van der Waals surface area contributed by atoms with Gasteiger partial charge in [0.2, 0.25) is 5.91 Å². The highest BCUT2D eigenvalue weighted by Gasteiger charge is 2.41. The second-order valence-corrected chi connectivity index (χ2v) is 7.22. The quantitative estimate of drug-likeness (QED) is 0.745. The largest absolute Gasteiger partial charge is 0.490 e. The molecule has 1 spiro atoms. The van der Waals surface area contributed by atoms with Crippen LogP contribution in [0.5, 0.6) is 0 Å². The number of carbonyl (C=O) groups is 2. The lowest BCUT2D eigenvalue weighted by atomic mass is 9.90. The van der Waals surface area contributed by atoms with Crippen molar-refractivity contribution in [1.29, 1.82) is 0 Å². The van der Waals surface area contributed by atoms with Gasteiger partial charge in [0, 0.05) is 33.1 Å². The van der Waals surface area contributed by atoms with Crippen LogP contribution in [0.3, 0.4) is 0 Å². The van der Waals surface area contributed by atoms with E-state index >= 15 is 0 Å². The zero-order valence-electron chi connectivity index (χ0n) is 16.0. The average Bonchev–Trinajstić information content (AvgIpc) is 2.63. The Balaban J connectivity index is 0.000000370. The highest BCUT2D eigenvalue weighted by Crippen LogP contribution is 2.29. The van der Waals surface area contributed by atoms with E-state index in [-0.39, 0.29) is 17.3 Å². The molecular formula is C19H24F4N2O4. The molecule has 0 aromatic heterocycles. The summed E-state index contributed by atoms with van der Waals surface area (Å²) in [5.41, 5.74) is 0.875. The van der Waals surface area contributed by atoms with Crippen molar-refractivity contribution in [3.63, 3.8) is 0 Å². The summed E-state index contributed by atoms with van der Waals surface area (Å²) in [5, 5.41) is 7.12. The van der Waals surface area contributed by atoms with E-state index in [4.69, 9.17) is 14.6 Å². The minimum atomic E-state index is -5.08. The predicted octanol–water partition coefficient (Wildman–Crippen LogP) is 2.67. The first kappa shape index (κ1) is 23.1. The lowest BCUT2D eigenvalue weighted by Gasteiger charge is -2.48. The molecule has 0 radical (unpaired) electrons. The lowest BCUT2D eigenvalue weighted by Crippen LogP contribution is -2.60. The molecule has 2 heterocycles. The molecule has 0 saturated carbocycles. The molecular weight excluding hydrogens is 396 g/mol. The van der Waals surface area contributed by atoms with Gasteiger partial charge >= 0.3 is 12.1 Å². The summed E-state index contributed by atoms with van der Waals surface area (Å²) in [6, 6.07) is 6.67. The van der Waals surface area contributed by atoms with Crippen LogP contribution in [0.15, 0.2) is 24.3 Å². The van der Waals surface area contributed by atoms with Crippen molar-refractivity contribution in [1.82, 2.24) is 9.80 Å². The number of hydrogen-bond acceptors (Lipinski definition) is 4. The first-order valence-electron chi connectivity index (χ1n) is 9.17. The van der Waals surface area contributed by atoms with E-state index in [1.54, 1.807) is 6.92 Å². The summed E-state index contributed by atoms with van der Waals surface area (Å²) >= 11 is 0. The Hall–Kier alpha value is -2.20. The Kier molecular flexibility index (Phi) is 7.59. The number of carbonyl (C=O) groups excluding carboxylic acids is 1. The van der Waals surface area contributed by atoms with Crippen molar-refractivity contribution < 1.29 is 37.0 Å². The molecule has 1 amide bonds. The SMILES string of the molecule is CC(=O)N1CCCC2(CN(Cc3ccc(F)cc3)CCO2)C1.O=C(O)C(F)(F)F. The normalized spacial score (nSPS) is 22.7. The summed E-state index contributed by atoms with van der Waals surface area (Å²) in [4.78, 5) is 24.8. The van der Waals surface area contributed by atoms with Crippen LogP contribution in [0.4, 0.5) is 17.6 Å². The molecule has 2 aliphatic heterocycles. The van der Waals surface area contributed by atoms with Gasteiger partial charge in [0.15, 0.2) is 0 Å². The van der Waals surface area contributed by atoms with Crippen LogP contribution in [0.25, 0.3) is 0 Å². The molecule has 29 heavy (non-hydrogen) atoms. The second kappa shape index (κ2) is 9.53. The number of aliphatic carboxylic acids is 1. The van der Waals surface area contributed by atoms with Gasteiger partial charge in [-0.3, -0.25) is 9.69 Å². The summed E-state index contributed by atoms with van der Waals surface area (Å²) in [7, 11) is 0. The van der Waals surface area contributed by atoms with Crippen LogP contribution in [0, 0.1) is 5.82 Å². The number of carboxylic acid groups (broad SMARTS) is 1. The van der Waals surface area contributed by atoms with E-state index in [2.05, 4.69) is 4.90 Å². The van der Waals surface area contributed by atoms with E-state index in [9.17, 15) is 22.4 Å². The van der Waals surface area contributed by atoms with Crippen LogP contribution < -0.4 is 0 Å². The van der Waals surface area contributed by atoms with Gasteiger partial charge < -0.3 is 14.7 Å². The van der Waals surface area contributed by atoms with Gasteiger partial charge in [0.1, 0.15) is 5.82 Å². The molecule has 1 N–H and O–H groups in total. The molecule has 0 bridgehead atoms. The van der Waals surface area contributed by atoms with Gasteiger partial charge in [-0.1, -0.05) is 12.1 Å². The fourth-order valence-corrected chi connectivity index (χ4v) is 3.52. The Morgan fingerprint density at radius 2 is 1.79 bits per heavy atom. The second-order valence-electron chi connectivity index (χ2n) is 7.22. The molecule has 2 saturated heterocycles. The fraction of sp³-hybridized carbons (Fsp3) is 0.579. The Morgan fingerprint density at radius 1 is 1.17 bits per heavy atom. The van der Waals surface area contributed by atoms with Crippen LogP contribution in [0.2, 0.25) is 0 Å². The molecule has 1 atom stereocenters. The van der Waals surface area contributed by atoms with Gasteiger partial charge in [-0.05, 0) is 30.5 Å². The van der Waals surface area contributed by atoms with E-state index in [1.807, 2.05) is 17.0 Å². The third-order valence-corrected chi connectivity index (χ3v) is 4.87. The van der Waals surface area contributed by atoms with Crippen LogP contribution in [-0.2, 0) is 20.9 Å². The molecule has 6 nitrogen and oxygen atoms in total. The maximum Gasteiger partial charge on any atom is 0.490 e. The number of amides is 1. The number of halogens is 4. The number of morpholine rings is 1. The highest BCUT2D eigenvalue weighted by atomic mass is 19.4. The summed E-state index contributed by atoms with van der Waals surface area (Å²) < 4.78 is 50.8. The van der Waals surface area contributed by atoms with E-state index in [0.717, 1.165) is 44.6 Å². The van der Waals surface area contributed by atoms with E-state index in [0.29, 0.717) is 13.2 Å². The Morgan fingerprint density at radius 3 is 2.34 bits per heavy atom. The number of hydrogen-bond donors (Lipinski definition) is 1. The first-order valence-corrected chi connectivity index (χ1v) is 9.17.